The van der Waals surface area contributed by atoms with Gasteiger partial charge in [0.1, 0.15) is 12.1 Å². The van der Waals surface area contributed by atoms with Crippen LogP contribution in [0.15, 0.2) is 22.7 Å². The van der Waals surface area contributed by atoms with Crippen molar-refractivity contribution >= 4 is 33.4 Å². The van der Waals surface area contributed by atoms with Gasteiger partial charge in [-0.2, -0.15) is 0 Å². The van der Waals surface area contributed by atoms with Gasteiger partial charge in [0.05, 0.1) is 5.69 Å². The molecule has 0 saturated carbocycles. The van der Waals surface area contributed by atoms with Crippen LogP contribution in [0.2, 0.25) is 0 Å². The van der Waals surface area contributed by atoms with E-state index < -0.39 is 12.1 Å². The predicted molar refractivity (Wildman–Crippen MR) is 87.3 cm³/mol. The number of nitrogens with one attached hydrogen (secondary N) is 1. The molecule has 0 radical (unpaired) electrons. The van der Waals surface area contributed by atoms with E-state index in [2.05, 4.69) is 21.2 Å². The number of piperazine rings is 1. The summed E-state index contributed by atoms with van der Waals surface area (Å²) >= 11 is 3.50. The lowest BCUT2D eigenvalue weighted by molar-refractivity contribution is -0.134. The van der Waals surface area contributed by atoms with E-state index in [1.54, 1.807) is 4.90 Å². The van der Waals surface area contributed by atoms with E-state index in [4.69, 9.17) is 0 Å². The number of amides is 2. The predicted octanol–water partition coefficient (Wildman–Crippen LogP) is 3.17. The Kier molecular flexibility index (Phi) is 5.04. The van der Waals surface area contributed by atoms with Gasteiger partial charge in [0.15, 0.2) is 0 Å². The van der Waals surface area contributed by atoms with E-state index >= 15 is 0 Å². The fourth-order valence-corrected chi connectivity index (χ4v) is 3.15. The van der Waals surface area contributed by atoms with Crippen molar-refractivity contribution in [2.45, 2.75) is 52.1 Å². The molecule has 1 N–H and O–H groups in total. The number of halogens is 1. The van der Waals surface area contributed by atoms with E-state index in [0.29, 0.717) is 12.8 Å². The van der Waals surface area contributed by atoms with Gasteiger partial charge in [0.2, 0.25) is 11.8 Å². The fraction of sp³-hybridized carbons (Fsp3) is 0.500. The number of rotatable bonds is 4. The maximum atomic E-state index is 12.8. The number of benzene rings is 1. The quantitative estimate of drug-likeness (QED) is 0.904. The van der Waals surface area contributed by atoms with Crippen molar-refractivity contribution in [1.82, 2.24) is 5.32 Å². The summed E-state index contributed by atoms with van der Waals surface area (Å²) in [6.45, 7) is 5.92. The Labute approximate surface area is 134 Å². The number of aryl methyl sites for hydroxylation is 1. The molecule has 2 unspecified atom stereocenters. The lowest BCUT2D eigenvalue weighted by Crippen LogP contribution is -2.63. The van der Waals surface area contributed by atoms with Crippen molar-refractivity contribution < 1.29 is 9.59 Å². The van der Waals surface area contributed by atoms with Crippen LogP contribution in [0.3, 0.4) is 0 Å². The first-order valence-electron chi connectivity index (χ1n) is 7.39. The summed E-state index contributed by atoms with van der Waals surface area (Å²) < 4.78 is 0.838. The minimum atomic E-state index is -0.441. The average Bonchev–Trinajstić information content (AvgIpc) is 2.45. The smallest absolute Gasteiger partial charge is 0.250 e. The SMILES string of the molecule is CCCC1NC(=O)C(CC)N(c2cc(C)ccc2Br)C1=O. The Balaban J connectivity index is 2.46. The summed E-state index contributed by atoms with van der Waals surface area (Å²) in [5.74, 6) is -0.0847. The molecule has 0 bridgehead atoms. The normalized spacial score (nSPS) is 22.4. The maximum absolute atomic E-state index is 12.8. The second-order valence-electron chi connectivity index (χ2n) is 5.44. The van der Waals surface area contributed by atoms with Crippen molar-refractivity contribution in [2.75, 3.05) is 4.90 Å². The molecule has 4 nitrogen and oxygen atoms in total. The number of carbonyl (C=O) groups is 2. The molecule has 1 aliphatic heterocycles. The van der Waals surface area contributed by atoms with Crippen LogP contribution in [-0.4, -0.2) is 23.9 Å². The van der Waals surface area contributed by atoms with Crippen LogP contribution in [0.25, 0.3) is 0 Å². The molecule has 21 heavy (non-hydrogen) atoms. The van der Waals surface area contributed by atoms with Crippen LogP contribution < -0.4 is 10.2 Å². The third-order valence-electron chi connectivity index (χ3n) is 3.79. The highest BCUT2D eigenvalue weighted by molar-refractivity contribution is 9.10. The molecule has 0 aromatic heterocycles. The molecule has 0 aliphatic carbocycles. The standard InChI is InChI=1S/C16H21BrN2O2/c1-4-6-12-16(21)19(13(5-2)15(20)18-12)14-9-10(3)7-8-11(14)17/h7-9,12-13H,4-6H2,1-3H3,(H,18,20). The molecule has 1 saturated heterocycles. The Morgan fingerprint density at radius 2 is 2.00 bits per heavy atom. The monoisotopic (exact) mass is 352 g/mol. The largest absolute Gasteiger partial charge is 0.342 e. The van der Waals surface area contributed by atoms with E-state index in [0.717, 1.165) is 22.1 Å². The Bertz CT molecular complexity index is 559. The van der Waals surface area contributed by atoms with Gasteiger partial charge >= 0.3 is 0 Å². The summed E-state index contributed by atoms with van der Waals surface area (Å²) in [4.78, 5) is 26.8. The molecule has 1 heterocycles. The summed E-state index contributed by atoms with van der Waals surface area (Å²) in [6.07, 6.45) is 2.12. The molecular formula is C16H21BrN2O2. The molecule has 5 heteroatoms. The molecule has 2 atom stereocenters. The van der Waals surface area contributed by atoms with Crippen molar-refractivity contribution in [3.05, 3.63) is 28.2 Å². The molecule has 0 spiro atoms. The fourth-order valence-electron chi connectivity index (χ4n) is 2.71. The zero-order chi connectivity index (χ0) is 15.6. The van der Waals surface area contributed by atoms with E-state index in [1.807, 2.05) is 39.0 Å². The number of hydrogen-bond acceptors (Lipinski definition) is 2. The highest BCUT2D eigenvalue weighted by Crippen LogP contribution is 2.32. The van der Waals surface area contributed by atoms with Crippen LogP contribution in [0.4, 0.5) is 5.69 Å². The molecular weight excluding hydrogens is 332 g/mol. The van der Waals surface area contributed by atoms with Crippen LogP contribution in [0.1, 0.15) is 38.7 Å². The van der Waals surface area contributed by atoms with Crippen molar-refractivity contribution in [3.63, 3.8) is 0 Å². The van der Waals surface area contributed by atoms with Gasteiger partial charge in [-0.25, -0.2) is 0 Å². The third kappa shape index (κ3) is 3.12. The molecule has 1 aromatic carbocycles. The van der Waals surface area contributed by atoms with Crippen LogP contribution in [-0.2, 0) is 9.59 Å². The van der Waals surface area contributed by atoms with Crippen molar-refractivity contribution in [1.29, 1.82) is 0 Å². The summed E-state index contributed by atoms with van der Waals surface area (Å²) in [7, 11) is 0. The first kappa shape index (κ1) is 16.0. The number of nitrogens with zero attached hydrogens (tertiary/aromatic N) is 1. The Morgan fingerprint density at radius 1 is 1.29 bits per heavy atom. The number of carbonyl (C=O) groups excluding carboxylic acids is 2. The molecule has 2 amide bonds. The summed E-state index contributed by atoms with van der Waals surface area (Å²) in [5.41, 5.74) is 1.84. The number of anilines is 1. The second-order valence-corrected chi connectivity index (χ2v) is 6.29. The Morgan fingerprint density at radius 3 is 2.62 bits per heavy atom. The van der Waals surface area contributed by atoms with Gasteiger partial charge in [-0.3, -0.25) is 14.5 Å². The van der Waals surface area contributed by atoms with Crippen molar-refractivity contribution in [3.8, 4) is 0 Å². The Hall–Kier alpha value is -1.36. The van der Waals surface area contributed by atoms with Crippen molar-refractivity contribution in [2.24, 2.45) is 0 Å². The highest BCUT2D eigenvalue weighted by Gasteiger charge is 2.40. The summed E-state index contributed by atoms with van der Waals surface area (Å²) in [5, 5.41) is 2.86. The molecule has 114 valence electrons. The highest BCUT2D eigenvalue weighted by atomic mass is 79.9. The maximum Gasteiger partial charge on any atom is 0.250 e. The zero-order valence-electron chi connectivity index (χ0n) is 12.6. The van der Waals surface area contributed by atoms with Crippen LogP contribution >= 0.6 is 15.9 Å². The first-order chi connectivity index (χ1) is 9.99. The second kappa shape index (κ2) is 6.60. The lowest BCUT2D eigenvalue weighted by Gasteiger charge is -2.39. The van der Waals surface area contributed by atoms with Gasteiger partial charge in [-0.05, 0) is 53.4 Å². The van der Waals surface area contributed by atoms with Gasteiger partial charge in [-0.1, -0.05) is 26.3 Å². The minimum Gasteiger partial charge on any atom is -0.342 e. The van der Waals surface area contributed by atoms with Crippen LogP contribution in [0.5, 0.6) is 0 Å². The molecule has 2 rings (SSSR count). The minimum absolute atomic E-state index is 0.0189. The van der Waals surface area contributed by atoms with Gasteiger partial charge in [0.25, 0.3) is 0 Å². The average molecular weight is 353 g/mol. The molecule has 1 aromatic rings. The lowest BCUT2D eigenvalue weighted by atomic mass is 10.0. The van der Waals surface area contributed by atoms with E-state index in [9.17, 15) is 9.59 Å². The molecule has 1 aliphatic rings. The van der Waals surface area contributed by atoms with E-state index in [-0.39, 0.29) is 11.8 Å². The summed E-state index contributed by atoms with van der Waals surface area (Å²) in [6, 6.07) is 4.99. The zero-order valence-corrected chi connectivity index (χ0v) is 14.2. The van der Waals surface area contributed by atoms with Gasteiger partial charge in [0, 0.05) is 4.47 Å². The number of hydrogen-bond donors (Lipinski definition) is 1. The van der Waals surface area contributed by atoms with Gasteiger partial charge < -0.3 is 5.32 Å². The van der Waals surface area contributed by atoms with Gasteiger partial charge in [-0.15, -0.1) is 0 Å². The van der Waals surface area contributed by atoms with E-state index in [1.165, 1.54) is 0 Å². The van der Waals surface area contributed by atoms with Crippen LogP contribution in [0, 0.1) is 6.92 Å². The molecule has 1 fully saturated rings. The first-order valence-corrected chi connectivity index (χ1v) is 8.18. The third-order valence-corrected chi connectivity index (χ3v) is 4.46. The topological polar surface area (TPSA) is 49.4 Å².